The first-order valence-electron chi connectivity index (χ1n) is 3.82. The summed E-state index contributed by atoms with van der Waals surface area (Å²) in [5.74, 6) is 0. The molecular formula is C8H11NS. The van der Waals surface area contributed by atoms with Gasteiger partial charge in [-0.15, -0.1) is 0 Å². The third-order valence-electron chi connectivity index (χ3n) is 2.09. The van der Waals surface area contributed by atoms with E-state index in [0.29, 0.717) is 0 Å². The number of rotatable bonds is 0. The van der Waals surface area contributed by atoms with Gasteiger partial charge in [0.25, 0.3) is 0 Å². The molecule has 2 rings (SSSR count). The van der Waals surface area contributed by atoms with E-state index in [0.717, 1.165) is 6.54 Å². The molecule has 0 amide bonds. The van der Waals surface area contributed by atoms with Crippen molar-refractivity contribution in [2.75, 3.05) is 6.54 Å². The van der Waals surface area contributed by atoms with Crippen molar-refractivity contribution in [2.24, 2.45) is 4.99 Å². The maximum atomic E-state index is 4.25. The van der Waals surface area contributed by atoms with Gasteiger partial charge in [0.1, 0.15) is 0 Å². The number of nitrogens with zero attached hydrogens (tertiary/aromatic N) is 1. The molecule has 0 fully saturated rings. The van der Waals surface area contributed by atoms with E-state index in [2.05, 4.69) is 4.99 Å². The standard InChI is InChI=1S/C8H11NS/c1-2-7-4-5-9-6-10-8(7)3-1/h6H,1-5H2. The average molecular weight is 153 g/mol. The van der Waals surface area contributed by atoms with Crippen molar-refractivity contribution in [2.45, 2.75) is 25.7 Å². The summed E-state index contributed by atoms with van der Waals surface area (Å²) in [5, 5.41) is 0. The molecule has 1 nitrogen and oxygen atoms in total. The summed E-state index contributed by atoms with van der Waals surface area (Å²) in [6, 6.07) is 0. The maximum absolute atomic E-state index is 4.25. The minimum Gasteiger partial charge on any atom is -0.286 e. The van der Waals surface area contributed by atoms with Crippen molar-refractivity contribution in [3.63, 3.8) is 0 Å². The number of hydrogen-bond acceptors (Lipinski definition) is 2. The first kappa shape index (κ1) is 6.47. The lowest BCUT2D eigenvalue weighted by Crippen LogP contribution is -1.82. The van der Waals surface area contributed by atoms with Crippen molar-refractivity contribution in [1.82, 2.24) is 0 Å². The Morgan fingerprint density at radius 1 is 1.30 bits per heavy atom. The Balaban J connectivity index is 2.18. The van der Waals surface area contributed by atoms with Crippen molar-refractivity contribution < 1.29 is 0 Å². The second kappa shape index (κ2) is 2.79. The third-order valence-corrected chi connectivity index (χ3v) is 3.12. The molecule has 1 heterocycles. The molecule has 0 radical (unpaired) electrons. The summed E-state index contributed by atoms with van der Waals surface area (Å²) in [6.07, 6.45) is 5.25. The normalized spacial score (nSPS) is 24.8. The van der Waals surface area contributed by atoms with Crippen LogP contribution < -0.4 is 0 Å². The topological polar surface area (TPSA) is 12.4 Å². The van der Waals surface area contributed by atoms with E-state index in [4.69, 9.17) is 0 Å². The molecule has 2 heteroatoms. The SMILES string of the molecule is C1=NCCC2=C(CCC2)S1. The van der Waals surface area contributed by atoms with E-state index in [1.165, 1.54) is 25.7 Å². The van der Waals surface area contributed by atoms with E-state index in [1.54, 1.807) is 10.5 Å². The molecule has 0 bridgehead atoms. The fourth-order valence-electron chi connectivity index (χ4n) is 1.54. The monoisotopic (exact) mass is 153 g/mol. The summed E-state index contributed by atoms with van der Waals surface area (Å²) < 4.78 is 0. The Hall–Kier alpha value is -0.240. The third kappa shape index (κ3) is 1.12. The Labute approximate surface area is 65.6 Å². The van der Waals surface area contributed by atoms with Crippen molar-refractivity contribution in [3.05, 3.63) is 10.5 Å². The van der Waals surface area contributed by atoms with Gasteiger partial charge in [0.15, 0.2) is 0 Å². The highest BCUT2D eigenvalue weighted by Gasteiger charge is 2.14. The summed E-state index contributed by atoms with van der Waals surface area (Å²) in [7, 11) is 0. The van der Waals surface area contributed by atoms with Gasteiger partial charge < -0.3 is 0 Å². The minimum atomic E-state index is 1.02. The Kier molecular flexibility index (Phi) is 1.80. The molecule has 0 atom stereocenters. The van der Waals surface area contributed by atoms with Crippen LogP contribution in [-0.4, -0.2) is 12.1 Å². The summed E-state index contributed by atoms with van der Waals surface area (Å²) >= 11 is 1.84. The molecule has 0 saturated heterocycles. The molecule has 1 aliphatic carbocycles. The quantitative estimate of drug-likeness (QED) is 0.521. The molecule has 0 N–H and O–H groups in total. The number of allylic oxidation sites excluding steroid dienone is 1. The lowest BCUT2D eigenvalue weighted by molar-refractivity contribution is 0.852. The largest absolute Gasteiger partial charge is 0.286 e. The van der Waals surface area contributed by atoms with E-state index >= 15 is 0 Å². The zero-order valence-electron chi connectivity index (χ0n) is 5.97. The molecule has 0 aromatic heterocycles. The number of aliphatic imine (C=N–C) groups is 1. The highest BCUT2D eigenvalue weighted by atomic mass is 32.2. The first-order valence-corrected chi connectivity index (χ1v) is 4.70. The van der Waals surface area contributed by atoms with Gasteiger partial charge in [-0.25, -0.2) is 0 Å². The molecule has 10 heavy (non-hydrogen) atoms. The smallest absolute Gasteiger partial charge is 0.0585 e. The molecule has 1 aliphatic heterocycles. The zero-order chi connectivity index (χ0) is 6.81. The molecule has 54 valence electrons. The number of thioether (sulfide) groups is 1. The van der Waals surface area contributed by atoms with Crippen LogP contribution in [0, 0.1) is 0 Å². The van der Waals surface area contributed by atoms with Crippen LogP contribution in [0.4, 0.5) is 0 Å². The van der Waals surface area contributed by atoms with Crippen LogP contribution in [-0.2, 0) is 0 Å². The zero-order valence-corrected chi connectivity index (χ0v) is 6.78. The van der Waals surface area contributed by atoms with Crippen LogP contribution in [0.1, 0.15) is 25.7 Å². The van der Waals surface area contributed by atoms with Gasteiger partial charge in [-0.05, 0) is 30.6 Å². The summed E-state index contributed by atoms with van der Waals surface area (Å²) in [5.41, 5.74) is 3.69. The van der Waals surface area contributed by atoms with Crippen LogP contribution in [0.15, 0.2) is 15.5 Å². The fourth-order valence-corrected chi connectivity index (χ4v) is 2.48. The van der Waals surface area contributed by atoms with E-state index < -0.39 is 0 Å². The van der Waals surface area contributed by atoms with Crippen LogP contribution in [0.2, 0.25) is 0 Å². The van der Waals surface area contributed by atoms with Crippen molar-refractivity contribution in [3.8, 4) is 0 Å². The van der Waals surface area contributed by atoms with Crippen LogP contribution in [0.3, 0.4) is 0 Å². The Morgan fingerprint density at radius 3 is 3.30 bits per heavy atom. The highest BCUT2D eigenvalue weighted by molar-refractivity contribution is 8.15. The van der Waals surface area contributed by atoms with Crippen LogP contribution in [0.5, 0.6) is 0 Å². The minimum absolute atomic E-state index is 1.02. The van der Waals surface area contributed by atoms with Gasteiger partial charge in [0, 0.05) is 6.54 Å². The molecule has 0 spiro atoms. The predicted octanol–water partition coefficient (Wildman–Crippen LogP) is 2.59. The molecule has 2 aliphatic rings. The van der Waals surface area contributed by atoms with Gasteiger partial charge in [0.05, 0.1) is 5.55 Å². The maximum Gasteiger partial charge on any atom is 0.0585 e. The summed E-state index contributed by atoms with van der Waals surface area (Å²) in [6.45, 7) is 1.02. The first-order chi connectivity index (χ1) is 4.97. The Morgan fingerprint density at radius 2 is 2.30 bits per heavy atom. The number of hydrogen-bond donors (Lipinski definition) is 0. The summed E-state index contributed by atoms with van der Waals surface area (Å²) in [4.78, 5) is 5.86. The van der Waals surface area contributed by atoms with E-state index in [9.17, 15) is 0 Å². The van der Waals surface area contributed by atoms with Crippen molar-refractivity contribution >= 4 is 17.3 Å². The van der Waals surface area contributed by atoms with Gasteiger partial charge in [0.2, 0.25) is 0 Å². The molecular weight excluding hydrogens is 142 g/mol. The lowest BCUT2D eigenvalue weighted by Gasteiger charge is -1.97. The van der Waals surface area contributed by atoms with Crippen LogP contribution >= 0.6 is 11.8 Å². The van der Waals surface area contributed by atoms with Gasteiger partial charge in [-0.2, -0.15) is 0 Å². The highest BCUT2D eigenvalue weighted by Crippen LogP contribution is 2.36. The van der Waals surface area contributed by atoms with Crippen molar-refractivity contribution in [1.29, 1.82) is 0 Å². The predicted molar refractivity (Wildman–Crippen MR) is 46.4 cm³/mol. The van der Waals surface area contributed by atoms with Gasteiger partial charge >= 0.3 is 0 Å². The fraction of sp³-hybridized carbons (Fsp3) is 0.625. The Bertz CT molecular complexity index is 193. The van der Waals surface area contributed by atoms with E-state index in [1.807, 2.05) is 17.3 Å². The van der Waals surface area contributed by atoms with Crippen LogP contribution in [0.25, 0.3) is 0 Å². The average Bonchev–Trinajstić information content (AvgIpc) is 2.28. The molecule has 0 aromatic carbocycles. The second-order valence-corrected chi connectivity index (χ2v) is 3.70. The molecule has 0 unspecified atom stereocenters. The molecule has 0 aromatic rings. The second-order valence-electron chi connectivity index (χ2n) is 2.76. The molecule has 0 saturated carbocycles. The van der Waals surface area contributed by atoms with E-state index in [-0.39, 0.29) is 0 Å². The lowest BCUT2D eigenvalue weighted by atomic mass is 10.2. The van der Waals surface area contributed by atoms with Gasteiger partial charge in [-0.3, -0.25) is 4.99 Å². The van der Waals surface area contributed by atoms with Gasteiger partial charge in [-0.1, -0.05) is 17.3 Å².